The van der Waals surface area contributed by atoms with Gasteiger partial charge in [0.15, 0.2) is 0 Å². The molecule has 0 unspecified atom stereocenters. The number of nitrogens with one attached hydrogen (secondary N) is 1. The van der Waals surface area contributed by atoms with Crippen LogP contribution in [-0.2, 0) is 0 Å². The third-order valence-corrected chi connectivity index (χ3v) is 2.26. The topological polar surface area (TPSA) is 32.3 Å². The summed E-state index contributed by atoms with van der Waals surface area (Å²) >= 11 is 0. The van der Waals surface area contributed by atoms with E-state index in [0.717, 1.165) is 32.4 Å². The smallest absolute Gasteiger partial charge is 0.317 e. The molecule has 0 heterocycles. The van der Waals surface area contributed by atoms with Gasteiger partial charge < -0.3 is 10.2 Å². The largest absolute Gasteiger partial charge is 0.336 e. The lowest BCUT2D eigenvalue weighted by Crippen LogP contribution is -2.44. The van der Waals surface area contributed by atoms with Crippen LogP contribution in [0.1, 0.15) is 47.0 Å². The number of carbonyl (C=O) groups is 1. The molecule has 0 saturated carbocycles. The maximum Gasteiger partial charge on any atom is 0.317 e. The third-order valence-electron chi connectivity index (χ3n) is 2.26. The highest BCUT2D eigenvalue weighted by molar-refractivity contribution is 5.74. The summed E-state index contributed by atoms with van der Waals surface area (Å²) in [5.74, 6) is 0. The number of urea groups is 1. The highest BCUT2D eigenvalue weighted by Gasteiger charge is 2.12. The van der Waals surface area contributed by atoms with Gasteiger partial charge in [-0.05, 0) is 26.2 Å². The molecule has 1 atom stereocenters. The number of nitrogens with zero attached hydrogens (tertiary/aromatic N) is 1. The number of hydrogen-bond donors (Lipinski definition) is 1. The van der Waals surface area contributed by atoms with Crippen molar-refractivity contribution in [2.45, 2.75) is 53.0 Å². The second-order valence-corrected chi connectivity index (χ2v) is 3.75. The lowest BCUT2D eigenvalue weighted by Gasteiger charge is -2.23. The van der Waals surface area contributed by atoms with E-state index < -0.39 is 0 Å². The van der Waals surface area contributed by atoms with Crippen LogP contribution in [0.5, 0.6) is 0 Å². The molecule has 0 aromatic heterocycles. The van der Waals surface area contributed by atoms with Gasteiger partial charge in [0.25, 0.3) is 0 Å². The predicted octanol–water partition coefficient (Wildman–Crippen LogP) is 2.62. The molecule has 84 valence electrons. The van der Waals surface area contributed by atoms with Gasteiger partial charge in [-0.1, -0.05) is 20.8 Å². The zero-order chi connectivity index (χ0) is 11.0. The van der Waals surface area contributed by atoms with Crippen LogP contribution < -0.4 is 5.32 Å². The van der Waals surface area contributed by atoms with E-state index in [9.17, 15) is 4.79 Å². The van der Waals surface area contributed by atoms with Crippen molar-refractivity contribution >= 4 is 6.03 Å². The fraction of sp³-hybridized carbons (Fsp3) is 0.909. The molecule has 0 aliphatic rings. The zero-order valence-electron chi connectivity index (χ0n) is 9.97. The lowest BCUT2D eigenvalue weighted by molar-refractivity contribution is 0.194. The average molecular weight is 200 g/mol. The van der Waals surface area contributed by atoms with Crippen LogP contribution in [0.15, 0.2) is 0 Å². The Bertz CT molecular complexity index is 153. The molecule has 3 heteroatoms. The Morgan fingerprint density at radius 3 is 2.07 bits per heavy atom. The summed E-state index contributed by atoms with van der Waals surface area (Å²) < 4.78 is 0. The Hall–Kier alpha value is -0.730. The molecule has 0 radical (unpaired) electrons. The van der Waals surface area contributed by atoms with E-state index >= 15 is 0 Å². The van der Waals surface area contributed by atoms with Gasteiger partial charge in [-0.3, -0.25) is 0 Å². The van der Waals surface area contributed by atoms with Gasteiger partial charge in [0.1, 0.15) is 0 Å². The summed E-state index contributed by atoms with van der Waals surface area (Å²) in [6.45, 7) is 10.0. The van der Waals surface area contributed by atoms with Gasteiger partial charge in [0, 0.05) is 19.1 Å². The van der Waals surface area contributed by atoms with Crippen LogP contribution in [0.3, 0.4) is 0 Å². The van der Waals surface area contributed by atoms with Crippen LogP contribution >= 0.6 is 0 Å². The minimum atomic E-state index is 0.0862. The van der Waals surface area contributed by atoms with E-state index in [0.29, 0.717) is 0 Å². The molecule has 14 heavy (non-hydrogen) atoms. The highest BCUT2D eigenvalue weighted by atomic mass is 16.2. The standard InChI is InChI=1S/C11H24N2O/c1-5-8-13(9-6-2)11(14)12-10(4)7-3/h10H,5-9H2,1-4H3,(H,12,14)/t10-/m0/s1. The molecule has 3 nitrogen and oxygen atoms in total. The monoisotopic (exact) mass is 200 g/mol. The van der Waals surface area contributed by atoms with E-state index in [1.54, 1.807) is 0 Å². The molecule has 0 spiro atoms. The summed E-state index contributed by atoms with van der Waals surface area (Å²) in [5.41, 5.74) is 0. The average Bonchev–Trinajstić information content (AvgIpc) is 2.17. The molecular formula is C11H24N2O. The van der Waals surface area contributed by atoms with E-state index in [2.05, 4.69) is 26.1 Å². The number of amides is 2. The zero-order valence-corrected chi connectivity index (χ0v) is 9.97. The minimum Gasteiger partial charge on any atom is -0.336 e. The first-order chi connectivity index (χ1) is 6.65. The first-order valence-corrected chi connectivity index (χ1v) is 5.71. The van der Waals surface area contributed by atoms with Crippen LogP contribution in [0.4, 0.5) is 4.79 Å². The maximum absolute atomic E-state index is 11.7. The summed E-state index contributed by atoms with van der Waals surface area (Å²) in [4.78, 5) is 13.6. The Balaban J connectivity index is 4.00. The summed E-state index contributed by atoms with van der Waals surface area (Å²) in [6.07, 6.45) is 3.03. The SMILES string of the molecule is CCCN(CCC)C(=O)N[C@@H](C)CC. The van der Waals surface area contributed by atoms with Crippen molar-refractivity contribution in [3.05, 3.63) is 0 Å². The molecule has 0 aliphatic heterocycles. The molecule has 0 aliphatic carbocycles. The van der Waals surface area contributed by atoms with Crippen molar-refractivity contribution in [1.82, 2.24) is 10.2 Å². The van der Waals surface area contributed by atoms with Crippen molar-refractivity contribution < 1.29 is 4.79 Å². The third kappa shape index (κ3) is 5.10. The Labute approximate surface area is 87.9 Å². The first-order valence-electron chi connectivity index (χ1n) is 5.71. The Morgan fingerprint density at radius 2 is 1.71 bits per heavy atom. The highest BCUT2D eigenvalue weighted by Crippen LogP contribution is 1.97. The van der Waals surface area contributed by atoms with Gasteiger partial charge in [-0.15, -0.1) is 0 Å². The van der Waals surface area contributed by atoms with E-state index in [1.807, 2.05) is 11.8 Å². The number of rotatable bonds is 6. The minimum absolute atomic E-state index is 0.0862. The maximum atomic E-state index is 11.7. The molecule has 0 aromatic rings. The molecule has 0 aromatic carbocycles. The van der Waals surface area contributed by atoms with E-state index in [-0.39, 0.29) is 12.1 Å². The van der Waals surface area contributed by atoms with E-state index in [1.165, 1.54) is 0 Å². The fourth-order valence-electron chi connectivity index (χ4n) is 1.26. The lowest BCUT2D eigenvalue weighted by atomic mass is 10.3. The van der Waals surface area contributed by atoms with Crippen LogP contribution in [-0.4, -0.2) is 30.1 Å². The van der Waals surface area contributed by atoms with Crippen molar-refractivity contribution in [2.24, 2.45) is 0 Å². The van der Waals surface area contributed by atoms with Gasteiger partial charge in [-0.25, -0.2) is 4.79 Å². The van der Waals surface area contributed by atoms with Crippen LogP contribution in [0.25, 0.3) is 0 Å². The molecule has 1 N–H and O–H groups in total. The van der Waals surface area contributed by atoms with E-state index in [4.69, 9.17) is 0 Å². The summed E-state index contributed by atoms with van der Waals surface area (Å²) in [7, 11) is 0. The second kappa shape index (κ2) is 7.65. The van der Waals surface area contributed by atoms with Gasteiger partial charge in [-0.2, -0.15) is 0 Å². The summed E-state index contributed by atoms with van der Waals surface area (Å²) in [5, 5.41) is 2.99. The molecular weight excluding hydrogens is 176 g/mol. The molecule has 0 saturated heterocycles. The molecule has 0 fully saturated rings. The van der Waals surface area contributed by atoms with Crippen LogP contribution in [0, 0.1) is 0 Å². The number of carbonyl (C=O) groups excluding carboxylic acids is 1. The van der Waals surface area contributed by atoms with Gasteiger partial charge >= 0.3 is 6.03 Å². The normalized spacial score (nSPS) is 12.3. The van der Waals surface area contributed by atoms with Crippen LogP contribution in [0.2, 0.25) is 0 Å². The summed E-state index contributed by atoms with van der Waals surface area (Å²) in [6, 6.07) is 0.363. The van der Waals surface area contributed by atoms with Crippen molar-refractivity contribution in [2.75, 3.05) is 13.1 Å². The van der Waals surface area contributed by atoms with Crippen molar-refractivity contribution in [3.8, 4) is 0 Å². The quantitative estimate of drug-likeness (QED) is 0.702. The molecule has 0 rings (SSSR count). The predicted molar refractivity (Wildman–Crippen MR) is 60.4 cm³/mol. The molecule has 0 bridgehead atoms. The van der Waals surface area contributed by atoms with Crippen molar-refractivity contribution in [3.63, 3.8) is 0 Å². The van der Waals surface area contributed by atoms with Gasteiger partial charge in [0.2, 0.25) is 0 Å². The van der Waals surface area contributed by atoms with Gasteiger partial charge in [0.05, 0.1) is 0 Å². The fourth-order valence-corrected chi connectivity index (χ4v) is 1.26. The Morgan fingerprint density at radius 1 is 1.21 bits per heavy atom. The molecule has 2 amide bonds. The number of hydrogen-bond acceptors (Lipinski definition) is 1. The Kier molecular flexibility index (Phi) is 7.25. The second-order valence-electron chi connectivity index (χ2n) is 3.75. The van der Waals surface area contributed by atoms with Crippen molar-refractivity contribution in [1.29, 1.82) is 0 Å². The first kappa shape index (κ1) is 13.3.